The normalized spacial score (nSPS) is 10.9. The Morgan fingerprint density at radius 3 is 2.45 bits per heavy atom. The van der Waals surface area contributed by atoms with Gasteiger partial charge in [0, 0.05) is 9.37 Å². The molecule has 112 valence electrons. The van der Waals surface area contributed by atoms with Crippen LogP contribution in [0.2, 0.25) is 10.0 Å². The van der Waals surface area contributed by atoms with Gasteiger partial charge in [-0.3, -0.25) is 0 Å². The molecule has 0 aliphatic carbocycles. The predicted molar refractivity (Wildman–Crippen MR) is 93.5 cm³/mol. The molecule has 0 radical (unpaired) electrons. The fourth-order valence-corrected chi connectivity index (χ4v) is 3.79. The van der Waals surface area contributed by atoms with Crippen molar-refractivity contribution in [1.29, 1.82) is 0 Å². The molecule has 0 aliphatic rings. The van der Waals surface area contributed by atoms with Gasteiger partial charge in [0.15, 0.2) is 0 Å². The molecule has 0 bridgehead atoms. The smallest absolute Gasteiger partial charge is 0.248 e. The van der Waals surface area contributed by atoms with Gasteiger partial charge < -0.3 is 4.42 Å². The summed E-state index contributed by atoms with van der Waals surface area (Å²) in [5, 5.41) is 9.37. The van der Waals surface area contributed by atoms with Crippen molar-refractivity contribution in [3.8, 4) is 11.5 Å². The van der Waals surface area contributed by atoms with Crippen molar-refractivity contribution >= 4 is 50.9 Å². The van der Waals surface area contributed by atoms with Gasteiger partial charge in [-0.05, 0) is 40.2 Å². The molecule has 7 heteroatoms. The second-order valence-corrected chi connectivity index (χ2v) is 6.97. The highest BCUT2D eigenvalue weighted by molar-refractivity contribution is 9.10. The van der Waals surface area contributed by atoms with Gasteiger partial charge in [-0.2, -0.15) is 0 Å². The lowest BCUT2D eigenvalue weighted by Gasteiger charge is -2.04. The minimum atomic E-state index is 0.480. The molecule has 3 aromatic rings. The Hall–Kier alpha value is -1.01. The molecule has 0 aliphatic heterocycles. The number of halogens is 3. The Morgan fingerprint density at radius 1 is 1.00 bits per heavy atom. The second-order valence-electron chi connectivity index (χ2n) is 4.32. The van der Waals surface area contributed by atoms with Crippen molar-refractivity contribution in [3.63, 3.8) is 0 Å². The predicted octanol–water partition coefficient (Wildman–Crippen LogP) is 6.10. The lowest BCUT2D eigenvalue weighted by molar-refractivity contribution is 0.528. The molecular weight excluding hydrogens is 407 g/mol. The van der Waals surface area contributed by atoms with Gasteiger partial charge in [0.2, 0.25) is 11.8 Å². The van der Waals surface area contributed by atoms with E-state index in [9.17, 15) is 0 Å². The third kappa shape index (κ3) is 3.49. The van der Waals surface area contributed by atoms with E-state index in [2.05, 4.69) is 26.1 Å². The van der Waals surface area contributed by atoms with E-state index in [0.717, 1.165) is 14.9 Å². The first kappa shape index (κ1) is 15.9. The van der Waals surface area contributed by atoms with E-state index in [4.69, 9.17) is 27.6 Å². The molecular formula is C15H9BrCl2N2OS. The Balaban J connectivity index is 1.77. The summed E-state index contributed by atoms with van der Waals surface area (Å²) in [7, 11) is 0. The number of hydrogen-bond donors (Lipinski definition) is 0. The summed E-state index contributed by atoms with van der Waals surface area (Å²) in [6.45, 7) is 0. The van der Waals surface area contributed by atoms with E-state index in [1.165, 1.54) is 11.8 Å². The first-order valence-electron chi connectivity index (χ1n) is 6.29. The van der Waals surface area contributed by atoms with Gasteiger partial charge in [-0.15, -0.1) is 22.0 Å². The molecule has 0 unspecified atom stereocenters. The molecule has 0 saturated heterocycles. The quantitative estimate of drug-likeness (QED) is 0.482. The summed E-state index contributed by atoms with van der Waals surface area (Å²) in [5.41, 5.74) is 0.863. The molecule has 3 nitrogen and oxygen atoms in total. The summed E-state index contributed by atoms with van der Waals surface area (Å²) in [4.78, 5) is 0.812. The maximum atomic E-state index is 6.14. The van der Waals surface area contributed by atoms with E-state index in [0.29, 0.717) is 27.6 Å². The lowest BCUT2D eigenvalue weighted by Crippen LogP contribution is -1.82. The topological polar surface area (TPSA) is 38.9 Å². The van der Waals surface area contributed by atoms with Crippen LogP contribution in [0.4, 0.5) is 0 Å². The van der Waals surface area contributed by atoms with E-state index >= 15 is 0 Å². The number of hydrogen-bond acceptors (Lipinski definition) is 4. The largest absolute Gasteiger partial charge is 0.420 e. The van der Waals surface area contributed by atoms with Crippen molar-refractivity contribution in [2.45, 2.75) is 10.6 Å². The molecule has 0 spiro atoms. The Kier molecular flexibility index (Phi) is 5.08. The van der Waals surface area contributed by atoms with Crippen LogP contribution < -0.4 is 0 Å². The zero-order valence-corrected chi connectivity index (χ0v) is 15.0. The van der Waals surface area contributed by atoms with Gasteiger partial charge in [0.05, 0.1) is 21.4 Å². The van der Waals surface area contributed by atoms with E-state index in [1.807, 2.05) is 30.3 Å². The third-order valence-electron chi connectivity index (χ3n) is 2.83. The van der Waals surface area contributed by atoms with Crippen LogP contribution in [-0.4, -0.2) is 10.2 Å². The average molecular weight is 416 g/mol. The summed E-state index contributed by atoms with van der Waals surface area (Å²) < 4.78 is 6.60. The molecule has 0 saturated carbocycles. The molecule has 1 heterocycles. The molecule has 0 fully saturated rings. The van der Waals surface area contributed by atoms with Crippen molar-refractivity contribution in [3.05, 3.63) is 62.9 Å². The molecule has 0 N–H and O–H groups in total. The molecule has 22 heavy (non-hydrogen) atoms. The lowest BCUT2D eigenvalue weighted by atomic mass is 10.2. The first-order valence-corrected chi connectivity index (χ1v) is 8.82. The summed E-state index contributed by atoms with van der Waals surface area (Å²) in [5.74, 6) is 1.50. The standard InChI is InChI=1S/C15H9BrCl2N2OS/c16-10-5-2-1-4-9(10)15-20-19-13(21-15)8-22-14-11(17)6-3-7-12(14)18/h1-7H,8H2. The number of nitrogens with zero attached hydrogens (tertiary/aromatic N) is 2. The highest BCUT2D eigenvalue weighted by Crippen LogP contribution is 2.36. The fraction of sp³-hybridized carbons (Fsp3) is 0.0667. The number of benzene rings is 2. The summed E-state index contributed by atoms with van der Waals surface area (Å²) in [6, 6.07) is 13.1. The van der Waals surface area contributed by atoms with Crippen molar-refractivity contribution in [2.24, 2.45) is 0 Å². The Labute approximate surface area is 150 Å². The summed E-state index contributed by atoms with van der Waals surface area (Å²) in [6.07, 6.45) is 0. The van der Waals surface area contributed by atoms with Crippen molar-refractivity contribution in [2.75, 3.05) is 0 Å². The molecule has 1 aromatic heterocycles. The maximum Gasteiger partial charge on any atom is 0.248 e. The SMILES string of the molecule is Clc1cccc(Cl)c1SCc1nnc(-c2ccccc2Br)o1. The van der Waals surface area contributed by atoms with Crippen molar-refractivity contribution < 1.29 is 4.42 Å². The van der Waals surface area contributed by atoms with E-state index < -0.39 is 0 Å². The maximum absolute atomic E-state index is 6.14. The van der Waals surface area contributed by atoms with E-state index in [-0.39, 0.29) is 0 Å². The monoisotopic (exact) mass is 414 g/mol. The van der Waals surface area contributed by atoms with Crippen LogP contribution in [0.15, 0.2) is 56.2 Å². The van der Waals surface area contributed by atoms with Gasteiger partial charge in [0.25, 0.3) is 0 Å². The first-order chi connectivity index (χ1) is 10.6. The average Bonchev–Trinajstić information content (AvgIpc) is 2.96. The zero-order valence-electron chi connectivity index (χ0n) is 11.1. The van der Waals surface area contributed by atoms with Crippen LogP contribution in [0.1, 0.15) is 5.89 Å². The molecule has 0 amide bonds. The molecule has 2 aromatic carbocycles. The van der Waals surface area contributed by atoms with E-state index in [1.54, 1.807) is 12.1 Å². The number of thioether (sulfide) groups is 1. The minimum Gasteiger partial charge on any atom is -0.420 e. The van der Waals surface area contributed by atoms with Crippen molar-refractivity contribution in [1.82, 2.24) is 10.2 Å². The second kappa shape index (κ2) is 7.04. The number of rotatable bonds is 4. The third-order valence-corrected chi connectivity index (χ3v) is 5.50. The minimum absolute atomic E-state index is 0.480. The Morgan fingerprint density at radius 2 is 1.73 bits per heavy atom. The zero-order chi connectivity index (χ0) is 15.5. The number of aromatic nitrogens is 2. The van der Waals surface area contributed by atoms with Crippen LogP contribution in [0.5, 0.6) is 0 Å². The summed E-state index contributed by atoms with van der Waals surface area (Å²) >= 11 is 17.2. The fourth-order valence-electron chi connectivity index (χ4n) is 1.81. The van der Waals surface area contributed by atoms with Crippen LogP contribution >= 0.6 is 50.9 Å². The van der Waals surface area contributed by atoms with Gasteiger partial charge in [0.1, 0.15) is 0 Å². The van der Waals surface area contributed by atoms with Gasteiger partial charge in [-0.25, -0.2) is 0 Å². The van der Waals surface area contributed by atoms with Crippen LogP contribution in [0.3, 0.4) is 0 Å². The highest BCUT2D eigenvalue weighted by Gasteiger charge is 2.13. The van der Waals surface area contributed by atoms with Crippen LogP contribution in [0, 0.1) is 0 Å². The van der Waals surface area contributed by atoms with Gasteiger partial charge in [-0.1, -0.05) is 41.4 Å². The Bertz CT molecular complexity index is 789. The molecule has 3 rings (SSSR count). The highest BCUT2D eigenvalue weighted by atomic mass is 79.9. The molecule has 0 atom stereocenters. The van der Waals surface area contributed by atoms with Crippen LogP contribution in [-0.2, 0) is 5.75 Å². The van der Waals surface area contributed by atoms with Gasteiger partial charge >= 0.3 is 0 Å². The van der Waals surface area contributed by atoms with Crippen LogP contribution in [0.25, 0.3) is 11.5 Å².